The van der Waals surface area contributed by atoms with Crippen LogP contribution in [0.3, 0.4) is 0 Å². The predicted octanol–water partition coefficient (Wildman–Crippen LogP) is 5.17. The van der Waals surface area contributed by atoms with E-state index in [0.717, 1.165) is 45.2 Å². The van der Waals surface area contributed by atoms with Crippen molar-refractivity contribution in [3.8, 4) is 16.3 Å². The van der Waals surface area contributed by atoms with E-state index in [9.17, 15) is 9.59 Å². The summed E-state index contributed by atoms with van der Waals surface area (Å²) in [5, 5.41) is 5.68. The highest BCUT2D eigenvalue weighted by Gasteiger charge is 2.46. The third-order valence-electron chi connectivity index (χ3n) is 7.29. The molecule has 2 amide bonds. The van der Waals surface area contributed by atoms with Crippen molar-refractivity contribution < 1.29 is 14.3 Å². The van der Waals surface area contributed by atoms with E-state index in [-0.39, 0.29) is 11.9 Å². The summed E-state index contributed by atoms with van der Waals surface area (Å²) in [6.07, 6.45) is 6.16. The molecule has 0 bridgehead atoms. The van der Waals surface area contributed by atoms with Crippen LogP contribution >= 0.6 is 22.7 Å². The Bertz CT molecular complexity index is 1440. The number of carbonyl (C=O) groups is 2. The summed E-state index contributed by atoms with van der Waals surface area (Å²) < 4.78 is 7.25. The van der Waals surface area contributed by atoms with Crippen molar-refractivity contribution in [2.75, 3.05) is 13.1 Å². The summed E-state index contributed by atoms with van der Waals surface area (Å²) in [5.74, 6) is 1.15. The van der Waals surface area contributed by atoms with Crippen LogP contribution in [-0.2, 0) is 0 Å². The van der Waals surface area contributed by atoms with Gasteiger partial charge in [0, 0.05) is 24.7 Å². The number of aromatic nitrogens is 3. The SMILES string of the molecule is Cc1cccc(-c2sc(C)nc2C(=O)N2C[C@@H]3CCC[C@@H]3[C@H]2CNC(=O)Oc2cnc3sccn23)c1. The Morgan fingerprint density at radius 2 is 2.14 bits per heavy atom. The number of rotatable bonds is 5. The Morgan fingerprint density at radius 3 is 3.00 bits per heavy atom. The van der Waals surface area contributed by atoms with Crippen LogP contribution in [0.2, 0.25) is 0 Å². The minimum Gasteiger partial charge on any atom is -0.391 e. The van der Waals surface area contributed by atoms with Gasteiger partial charge in [0.2, 0.25) is 5.88 Å². The first-order chi connectivity index (χ1) is 17.5. The number of amides is 2. The zero-order valence-electron chi connectivity index (χ0n) is 20.1. The fourth-order valence-electron chi connectivity index (χ4n) is 5.70. The number of thiazole rings is 2. The molecular formula is C26H27N5O3S2. The van der Waals surface area contributed by atoms with Gasteiger partial charge in [-0.2, -0.15) is 0 Å². The Hall–Kier alpha value is -3.24. The quantitative estimate of drug-likeness (QED) is 0.392. The average molecular weight is 522 g/mol. The molecule has 2 aliphatic rings. The van der Waals surface area contributed by atoms with Gasteiger partial charge in [0.05, 0.1) is 22.1 Å². The molecule has 3 atom stereocenters. The number of nitrogens with zero attached hydrogens (tertiary/aromatic N) is 4. The van der Waals surface area contributed by atoms with Gasteiger partial charge in [-0.3, -0.25) is 9.20 Å². The minimum atomic E-state index is -0.540. The highest BCUT2D eigenvalue weighted by atomic mass is 32.1. The van der Waals surface area contributed by atoms with E-state index in [1.165, 1.54) is 11.3 Å². The van der Waals surface area contributed by atoms with E-state index in [1.807, 2.05) is 35.5 Å². The number of aryl methyl sites for hydroxylation is 2. The molecule has 1 aromatic carbocycles. The van der Waals surface area contributed by atoms with Gasteiger partial charge in [0.25, 0.3) is 5.91 Å². The first kappa shape index (κ1) is 23.2. The number of benzene rings is 1. The molecule has 1 aliphatic heterocycles. The number of hydrogen-bond acceptors (Lipinski definition) is 7. The van der Waals surface area contributed by atoms with Crippen molar-refractivity contribution in [1.29, 1.82) is 0 Å². The van der Waals surface area contributed by atoms with Crippen molar-refractivity contribution in [3.63, 3.8) is 0 Å². The van der Waals surface area contributed by atoms with Gasteiger partial charge in [-0.15, -0.1) is 22.7 Å². The molecule has 1 aliphatic carbocycles. The Kier molecular flexibility index (Phi) is 6.00. The van der Waals surface area contributed by atoms with Crippen LogP contribution in [0.15, 0.2) is 42.0 Å². The second-order valence-electron chi connectivity index (χ2n) is 9.58. The largest absolute Gasteiger partial charge is 0.414 e. The smallest absolute Gasteiger partial charge is 0.391 e. The number of imidazole rings is 1. The Balaban J connectivity index is 1.22. The Morgan fingerprint density at radius 1 is 1.25 bits per heavy atom. The van der Waals surface area contributed by atoms with Crippen LogP contribution in [0, 0.1) is 25.7 Å². The number of hydrogen-bond donors (Lipinski definition) is 1. The number of nitrogens with one attached hydrogen (secondary N) is 1. The van der Waals surface area contributed by atoms with E-state index in [1.54, 1.807) is 21.9 Å². The second-order valence-corrected chi connectivity index (χ2v) is 11.7. The highest BCUT2D eigenvalue weighted by Crippen LogP contribution is 2.43. The lowest BCUT2D eigenvalue weighted by atomic mass is 9.94. The molecule has 10 heteroatoms. The van der Waals surface area contributed by atoms with Gasteiger partial charge in [0.1, 0.15) is 5.69 Å². The van der Waals surface area contributed by atoms with Crippen LogP contribution in [0.5, 0.6) is 5.88 Å². The molecule has 0 radical (unpaired) electrons. The molecule has 1 saturated carbocycles. The summed E-state index contributed by atoms with van der Waals surface area (Å²) in [5.41, 5.74) is 2.67. The predicted molar refractivity (Wildman–Crippen MR) is 140 cm³/mol. The standard InChI is InChI=1S/C26H27N5O3S2/c1-15-5-3-6-17(11-15)23-22(29-16(2)36-23)24(32)31-14-18-7-4-8-19(18)20(31)12-28-26(33)34-21-13-27-25-30(21)9-10-35-25/h3,5-6,9-11,13,18-20H,4,7-8,12,14H2,1-2H3,(H,28,33)/t18-,19-,20+/m0/s1. The zero-order chi connectivity index (χ0) is 24.8. The third kappa shape index (κ3) is 4.18. The number of carbonyl (C=O) groups excluding carboxylic acids is 2. The molecule has 3 aromatic heterocycles. The lowest BCUT2D eigenvalue weighted by Gasteiger charge is -2.28. The second kappa shape index (κ2) is 9.33. The van der Waals surface area contributed by atoms with E-state index < -0.39 is 6.09 Å². The van der Waals surface area contributed by atoms with Gasteiger partial charge in [0.15, 0.2) is 4.96 Å². The molecule has 1 N–H and O–H groups in total. The highest BCUT2D eigenvalue weighted by molar-refractivity contribution is 7.15. The summed E-state index contributed by atoms with van der Waals surface area (Å²) >= 11 is 3.03. The van der Waals surface area contributed by atoms with Gasteiger partial charge in [-0.1, -0.05) is 36.2 Å². The van der Waals surface area contributed by atoms with Crippen molar-refractivity contribution in [3.05, 3.63) is 58.3 Å². The van der Waals surface area contributed by atoms with Crippen LogP contribution in [0.4, 0.5) is 4.79 Å². The van der Waals surface area contributed by atoms with Crippen molar-refractivity contribution in [1.82, 2.24) is 24.6 Å². The third-order valence-corrected chi connectivity index (χ3v) is 9.08. The zero-order valence-corrected chi connectivity index (χ0v) is 21.8. The maximum Gasteiger partial charge on any atom is 0.414 e. The molecule has 186 valence electrons. The summed E-state index contributed by atoms with van der Waals surface area (Å²) in [6, 6.07) is 8.10. The van der Waals surface area contributed by atoms with Gasteiger partial charge >= 0.3 is 6.09 Å². The van der Waals surface area contributed by atoms with E-state index in [2.05, 4.69) is 34.3 Å². The molecular weight excluding hydrogens is 494 g/mol. The topological polar surface area (TPSA) is 88.8 Å². The van der Waals surface area contributed by atoms with E-state index >= 15 is 0 Å². The summed E-state index contributed by atoms with van der Waals surface area (Å²) in [6.45, 7) is 5.04. The van der Waals surface area contributed by atoms with Crippen LogP contribution in [0.1, 0.15) is 40.3 Å². The van der Waals surface area contributed by atoms with Crippen LogP contribution < -0.4 is 10.1 Å². The molecule has 2 fully saturated rings. The average Bonchev–Trinajstić information content (AvgIpc) is 3.65. The molecule has 6 rings (SSSR count). The fourth-order valence-corrected chi connectivity index (χ4v) is 7.29. The minimum absolute atomic E-state index is 0.0544. The monoisotopic (exact) mass is 521 g/mol. The van der Waals surface area contributed by atoms with E-state index in [4.69, 9.17) is 4.74 Å². The summed E-state index contributed by atoms with van der Waals surface area (Å²) in [7, 11) is 0. The fraction of sp³-hybridized carbons (Fsp3) is 0.385. The van der Waals surface area contributed by atoms with Crippen LogP contribution in [-0.4, -0.2) is 50.4 Å². The normalized spacial score (nSPS) is 21.2. The maximum atomic E-state index is 13.9. The molecule has 36 heavy (non-hydrogen) atoms. The maximum absolute atomic E-state index is 13.9. The molecule has 0 spiro atoms. The Labute approximate surface area is 216 Å². The van der Waals surface area contributed by atoms with Gasteiger partial charge in [-0.05, 0) is 44.1 Å². The number of ether oxygens (including phenoxy) is 1. The van der Waals surface area contributed by atoms with Crippen molar-refractivity contribution >= 4 is 39.6 Å². The van der Waals surface area contributed by atoms with Gasteiger partial charge in [-0.25, -0.2) is 14.8 Å². The van der Waals surface area contributed by atoms with Gasteiger partial charge < -0.3 is 15.0 Å². The molecule has 8 nitrogen and oxygen atoms in total. The lowest BCUT2D eigenvalue weighted by Crippen LogP contribution is -2.46. The molecule has 1 saturated heterocycles. The van der Waals surface area contributed by atoms with Crippen LogP contribution in [0.25, 0.3) is 15.4 Å². The van der Waals surface area contributed by atoms with Crippen molar-refractivity contribution in [2.24, 2.45) is 11.8 Å². The molecule has 0 unspecified atom stereocenters. The van der Waals surface area contributed by atoms with Crippen molar-refractivity contribution in [2.45, 2.75) is 39.2 Å². The number of fused-ring (bicyclic) bond motifs is 2. The first-order valence-electron chi connectivity index (χ1n) is 12.2. The first-order valence-corrected chi connectivity index (χ1v) is 13.9. The summed E-state index contributed by atoms with van der Waals surface area (Å²) in [4.78, 5) is 39.1. The van der Waals surface area contributed by atoms with E-state index in [0.29, 0.717) is 36.5 Å². The molecule has 4 aromatic rings. The lowest BCUT2D eigenvalue weighted by molar-refractivity contribution is 0.0706. The molecule has 4 heterocycles. The number of likely N-dealkylation sites (tertiary alicyclic amines) is 1.